The molecule has 2 nitrogen and oxygen atoms in total. The number of ketones is 1. The lowest BCUT2D eigenvalue weighted by Gasteiger charge is -2.29. The van der Waals surface area contributed by atoms with Crippen molar-refractivity contribution in [2.24, 2.45) is 11.8 Å². The van der Waals surface area contributed by atoms with Crippen molar-refractivity contribution in [3.8, 4) is 0 Å². The molecule has 0 saturated heterocycles. The maximum atomic E-state index is 11.3. The molecule has 1 aliphatic carbocycles. The largest absolute Gasteiger partial charge is 0.498 e. The molecule has 1 unspecified atom stereocenters. The van der Waals surface area contributed by atoms with Gasteiger partial charge in [-0.25, -0.2) is 0 Å². The molecule has 0 aromatic heterocycles. The number of carbonyl (C=O) groups excluding carboxylic acids is 1. The van der Waals surface area contributed by atoms with Gasteiger partial charge in [-0.2, -0.15) is 0 Å². The van der Waals surface area contributed by atoms with Gasteiger partial charge in [0.15, 0.2) is 5.78 Å². The van der Waals surface area contributed by atoms with Crippen molar-refractivity contribution < 1.29 is 9.53 Å². The lowest BCUT2D eigenvalue weighted by molar-refractivity contribution is -0.116. The van der Waals surface area contributed by atoms with Gasteiger partial charge in [0, 0.05) is 18.4 Å². The van der Waals surface area contributed by atoms with E-state index in [0.29, 0.717) is 24.9 Å². The summed E-state index contributed by atoms with van der Waals surface area (Å²) in [5.41, 5.74) is 0. The Hall–Kier alpha value is -0.790. The minimum absolute atomic E-state index is 0.223. The Morgan fingerprint density at radius 3 is 2.60 bits per heavy atom. The molecule has 0 spiro atoms. The van der Waals surface area contributed by atoms with E-state index in [-0.39, 0.29) is 5.78 Å². The summed E-state index contributed by atoms with van der Waals surface area (Å²) in [5, 5.41) is 0. The molecular weight excluding hydrogens is 188 g/mol. The summed E-state index contributed by atoms with van der Waals surface area (Å²) in [6.07, 6.45) is 5.71. The molecule has 0 radical (unpaired) electrons. The van der Waals surface area contributed by atoms with Gasteiger partial charge >= 0.3 is 0 Å². The van der Waals surface area contributed by atoms with Crippen molar-refractivity contribution >= 4 is 5.78 Å². The van der Waals surface area contributed by atoms with E-state index in [1.54, 1.807) is 6.08 Å². The van der Waals surface area contributed by atoms with Gasteiger partial charge in [0.05, 0.1) is 6.61 Å². The predicted molar refractivity (Wildman–Crippen MR) is 61.5 cm³/mol. The zero-order valence-electron chi connectivity index (χ0n) is 10.1. The first-order valence-electron chi connectivity index (χ1n) is 6.10. The molecule has 0 saturated carbocycles. The van der Waals surface area contributed by atoms with Gasteiger partial charge in [0.1, 0.15) is 5.76 Å². The number of allylic oxidation sites excluding steroid dienone is 2. The second-order valence-electron chi connectivity index (χ2n) is 4.17. The highest BCUT2D eigenvalue weighted by atomic mass is 16.5. The molecule has 1 rings (SSSR count). The molecule has 2 heteroatoms. The average molecular weight is 210 g/mol. The van der Waals surface area contributed by atoms with Crippen molar-refractivity contribution in [2.75, 3.05) is 6.61 Å². The molecule has 0 amide bonds. The molecule has 0 bridgehead atoms. The summed E-state index contributed by atoms with van der Waals surface area (Å²) < 4.78 is 5.59. The fourth-order valence-corrected chi connectivity index (χ4v) is 2.42. The van der Waals surface area contributed by atoms with Crippen LogP contribution in [0.25, 0.3) is 0 Å². The second kappa shape index (κ2) is 5.94. The van der Waals surface area contributed by atoms with Gasteiger partial charge < -0.3 is 4.74 Å². The highest BCUT2D eigenvalue weighted by Crippen LogP contribution is 2.34. The van der Waals surface area contributed by atoms with Crippen LogP contribution in [0.3, 0.4) is 0 Å². The Balaban J connectivity index is 2.77. The van der Waals surface area contributed by atoms with Crippen LogP contribution in [0.4, 0.5) is 0 Å². The zero-order valence-corrected chi connectivity index (χ0v) is 10.1. The Labute approximate surface area is 92.7 Å². The van der Waals surface area contributed by atoms with Crippen LogP contribution in [0.15, 0.2) is 11.8 Å². The average Bonchev–Trinajstić information content (AvgIpc) is 2.23. The summed E-state index contributed by atoms with van der Waals surface area (Å²) in [6.45, 7) is 7.07. The Morgan fingerprint density at radius 2 is 2.07 bits per heavy atom. The number of ether oxygens (including phenoxy) is 1. The maximum Gasteiger partial charge on any atom is 0.159 e. The van der Waals surface area contributed by atoms with Crippen molar-refractivity contribution in [2.45, 2.75) is 46.5 Å². The summed E-state index contributed by atoms with van der Waals surface area (Å²) >= 11 is 0. The molecule has 0 heterocycles. The van der Waals surface area contributed by atoms with Gasteiger partial charge in [-0.1, -0.05) is 26.7 Å². The normalized spacial score (nSPS) is 21.7. The van der Waals surface area contributed by atoms with Gasteiger partial charge in [0.25, 0.3) is 0 Å². The first-order chi connectivity index (χ1) is 7.22. The topological polar surface area (TPSA) is 26.3 Å². The molecular formula is C13H22O2. The highest BCUT2D eigenvalue weighted by molar-refractivity contribution is 5.91. The molecule has 86 valence electrons. The van der Waals surface area contributed by atoms with E-state index in [0.717, 1.165) is 12.2 Å². The van der Waals surface area contributed by atoms with Crippen LogP contribution in [0.5, 0.6) is 0 Å². The third kappa shape index (κ3) is 3.08. The number of rotatable bonds is 5. The van der Waals surface area contributed by atoms with Crippen LogP contribution in [0, 0.1) is 11.8 Å². The predicted octanol–water partition coefficient (Wildman–Crippen LogP) is 3.32. The second-order valence-corrected chi connectivity index (χ2v) is 4.17. The van der Waals surface area contributed by atoms with Crippen molar-refractivity contribution in [3.63, 3.8) is 0 Å². The third-order valence-electron chi connectivity index (χ3n) is 3.30. The molecule has 0 aliphatic heterocycles. The molecule has 0 aromatic rings. The van der Waals surface area contributed by atoms with E-state index in [2.05, 4.69) is 13.8 Å². The van der Waals surface area contributed by atoms with Gasteiger partial charge in [-0.15, -0.1) is 0 Å². The standard InChI is InChI=1S/C13H22O2/c1-4-10(5-2)12-8-7-11(14)9-13(12)15-6-3/h9-10,12H,4-8H2,1-3H3. The van der Waals surface area contributed by atoms with E-state index >= 15 is 0 Å². The first-order valence-corrected chi connectivity index (χ1v) is 6.10. The van der Waals surface area contributed by atoms with Crippen LogP contribution in [-0.2, 0) is 9.53 Å². The van der Waals surface area contributed by atoms with Crippen molar-refractivity contribution in [1.82, 2.24) is 0 Å². The summed E-state index contributed by atoms with van der Waals surface area (Å²) in [5.74, 6) is 2.29. The lowest BCUT2D eigenvalue weighted by atomic mass is 9.80. The molecule has 0 fully saturated rings. The van der Waals surface area contributed by atoms with E-state index in [1.165, 1.54) is 12.8 Å². The Morgan fingerprint density at radius 1 is 1.40 bits per heavy atom. The van der Waals surface area contributed by atoms with E-state index < -0.39 is 0 Å². The number of hydrogen-bond acceptors (Lipinski definition) is 2. The van der Waals surface area contributed by atoms with Crippen LogP contribution in [0.2, 0.25) is 0 Å². The van der Waals surface area contributed by atoms with Crippen LogP contribution in [0.1, 0.15) is 46.5 Å². The van der Waals surface area contributed by atoms with E-state index in [9.17, 15) is 4.79 Å². The number of carbonyl (C=O) groups is 1. The summed E-state index contributed by atoms with van der Waals surface area (Å²) in [7, 11) is 0. The number of hydrogen-bond donors (Lipinski definition) is 0. The fraction of sp³-hybridized carbons (Fsp3) is 0.769. The lowest BCUT2D eigenvalue weighted by Crippen LogP contribution is -2.23. The molecule has 1 aliphatic rings. The van der Waals surface area contributed by atoms with E-state index in [4.69, 9.17) is 4.74 Å². The Bertz CT molecular complexity index is 239. The minimum Gasteiger partial charge on any atom is -0.498 e. The van der Waals surface area contributed by atoms with Gasteiger partial charge in [0.2, 0.25) is 0 Å². The molecule has 0 aromatic carbocycles. The minimum atomic E-state index is 0.223. The maximum absolute atomic E-state index is 11.3. The zero-order chi connectivity index (χ0) is 11.3. The van der Waals surface area contributed by atoms with Crippen molar-refractivity contribution in [1.29, 1.82) is 0 Å². The first kappa shape index (κ1) is 12.3. The smallest absolute Gasteiger partial charge is 0.159 e. The van der Waals surface area contributed by atoms with Gasteiger partial charge in [-0.3, -0.25) is 4.79 Å². The molecule has 0 N–H and O–H groups in total. The monoisotopic (exact) mass is 210 g/mol. The molecule has 15 heavy (non-hydrogen) atoms. The van der Waals surface area contributed by atoms with E-state index in [1.807, 2.05) is 6.92 Å². The van der Waals surface area contributed by atoms with Crippen molar-refractivity contribution in [3.05, 3.63) is 11.8 Å². The quantitative estimate of drug-likeness (QED) is 0.695. The molecule has 1 atom stereocenters. The highest BCUT2D eigenvalue weighted by Gasteiger charge is 2.28. The van der Waals surface area contributed by atoms with Crippen LogP contribution >= 0.6 is 0 Å². The summed E-state index contributed by atoms with van der Waals surface area (Å²) in [4.78, 5) is 11.3. The van der Waals surface area contributed by atoms with Gasteiger partial charge in [-0.05, 0) is 19.3 Å². The van der Waals surface area contributed by atoms with Crippen LogP contribution < -0.4 is 0 Å². The SMILES string of the molecule is CCOC1=CC(=O)CCC1C(CC)CC. The fourth-order valence-electron chi connectivity index (χ4n) is 2.42. The Kier molecular flexibility index (Phi) is 4.86. The van der Waals surface area contributed by atoms with Crippen LogP contribution in [-0.4, -0.2) is 12.4 Å². The third-order valence-corrected chi connectivity index (χ3v) is 3.30. The summed E-state index contributed by atoms with van der Waals surface area (Å²) in [6, 6.07) is 0.